The highest BCUT2D eigenvalue weighted by atomic mass is 15.1. The molecule has 4 aromatic rings. The molecule has 0 bridgehead atoms. The molecule has 0 amide bonds. The van der Waals surface area contributed by atoms with Gasteiger partial charge in [0.05, 0.1) is 28.1 Å². The maximum atomic E-state index is 4.85. The van der Waals surface area contributed by atoms with Crippen molar-refractivity contribution in [1.29, 1.82) is 0 Å². The minimum absolute atomic E-state index is 0.943. The maximum Gasteiger partial charge on any atom is 0.145 e. The summed E-state index contributed by atoms with van der Waals surface area (Å²) >= 11 is 0. The number of fused-ring (bicyclic) bond motifs is 2. The Bertz CT molecular complexity index is 1000. The number of aromatic nitrogens is 3. The number of rotatable bonds is 1. The van der Waals surface area contributed by atoms with E-state index in [-0.39, 0.29) is 0 Å². The van der Waals surface area contributed by atoms with Crippen LogP contribution in [0.1, 0.15) is 0 Å². The van der Waals surface area contributed by atoms with E-state index in [1.807, 2.05) is 24.3 Å². The molecule has 1 N–H and O–H groups in total. The van der Waals surface area contributed by atoms with Gasteiger partial charge in [-0.05, 0) is 36.4 Å². The first kappa shape index (κ1) is 11.5. The van der Waals surface area contributed by atoms with Crippen LogP contribution in [0.3, 0.4) is 0 Å². The van der Waals surface area contributed by atoms with Crippen LogP contribution < -0.4 is 5.32 Å². The number of benzene rings is 2. The number of hydrogen-bond donors (Lipinski definition) is 1. The minimum atomic E-state index is 0.943. The lowest BCUT2D eigenvalue weighted by Gasteiger charge is -2.21. The molecular formula is C18H12N4. The van der Waals surface area contributed by atoms with Crippen molar-refractivity contribution in [2.24, 2.45) is 0 Å². The number of imidazole rings is 1. The lowest BCUT2D eigenvalue weighted by atomic mass is 10.1. The summed E-state index contributed by atoms with van der Waals surface area (Å²) in [6.45, 7) is 0. The van der Waals surface area contributed by atoms with Gasteiger partial charge in [-0.15, -0.1) is 0 Å². The van der Waals surface area contributed by atoms with E-state index in [0.717, 1.165) is 39.5 Å². The summed E-state index contributed by atoms with van der Waals surface area (Å²) < 4.78 is 2.23. The van der Waals surface area contributed by atoms with E-state index in [9.17, 15) is 0 Å². The monoisotopic (exact) mass is 284 g/mol. The molecule has 0 unspecified atom stereocenters. The number of hydrogen-bond acceptors (Lipinski definition) is 3. The third-order valence-electron chi connectivity index (χ3n) is 4.03. The van der Waals surface area contributed by atoms with E-state index < -0.39 is 0 Å². The highest BCUT2D eigenvalue weighted by Crippen LogP contribution is 2.40. The second kappa shape index (κ2) is 4.18. The van der Waals surface area contributed by atoms with E-state index >= 15 is 0 Å². The van der Waals surface area contributed by atoms with Crippen molar-refractivity contribution in [3.8, 4) is 17.1 Å². The summed E-state index contributed by atoms with van der Waals surface area (Å²) in [4.78, 5) is 8.96. The predicted octanol–water partition coefficient (Wildman–Crippen LogP) is 4.14. The van der Waals surface area contributed by atoms with Gasteiger partial charge in [-0.2, -0.15) is 0 Å². The van der Waals surface area contributed by atoms with Crippen LogP contribution in [0.15, 0.2) is 67.0 Å². The molecule has 0 saturated heterocycles. The van der Waals surface area contributed by atoms with Crippen molar-refractivity contribution in [1.82, 2.24) is 14.5 Å². The lowest BCUT2D eigenvalue weighted by Crippen LogP contribution is -2.08. The molecule has 0 fully saturated rings. The smallest absolute Gasteiger partial charge is 0.145 e. The molecule has 1 aliphatic rings. The SMILES string of the molecule is c1ccc2c(c1)Nc1cccc3nc(-c4ccncc4)n-2c13. The first-order chi connectivity index (χ1) is 10.9. The molecule has 4 heteroatoms. The van der Waals surface area contributed by atoms with E-state index in [1.54, 1.807) is 12.4 Å². The van der Waals surface area contributed by atoms with E-state index in [2.05, 4.69) is 45.2 Å². The summed E-state index contributed by atoms with van der Waals surface area (Å²) in [5, 5.41) is 3.50. The van der Waals surface area contributed by atoms with Crippen LogP contribution in [0, 0.1) is 0 Å². The van der Waals surface area contributed by atoms with E-state index in [1.165, 1.54) is 0 Å². The fourth-order valence-electron chi connectivity index (χ4n) is 3.08. The largest absolute Gasteiger partial charge is 0.352 e. The molecular weight excluding hydrogens is 272 g/mol. The fourth-order valence-corrected chi connectivity index (χ4v) is 3.08. The number of pyridine rings is 1. The van der Waals surface area contributed by atoms with Crippen molar-refractivity contribution >= 4 is 22.4 Å². The second-order valence-corrected chi connectivity index (χ2v) is 5.32. The third kappa shape index (κ3) is 1.46. The molecule has 0 saturated carbocycles. The molecule has 2 aromatic heterocycles. The number of nitrogens with one attached hydrogen (secondary N) is 1. The quantitative estimate of drug-likeness (QED) is 0.503. The summed E-state index contributed by atoms with van der Waals surface area (Å²) in [6, 6.07) is 18.5. The van der Waals surface area contributed by atoms with Gasteiger partial charge >= 0.3 is 0 Å². The molecule has 104 valence electrons. The fraction of sp³-hybridized carbons (Fsp3) is 0. The molecule has 4 nitrogen and oxygen atoms in total. The molecule has 3 heterocycles. The zero-order chi connectivity index (χ0) is 14.5. The Hall–Kier alpha value is -3.14. The average molecular weight is 284 g/mol. The summed E-state index contributed by atoms with van der Waals surface area (Å²) in [5.41, 5.74) is 6.48. The summed E-state index contributed by atoms with van der Waals surface area (Å²) in [7, 11) is 0. The molecule has 0 atom stereocenters. The van der Waals surface area contributed by atoms with Crippen molar-refractivity contribution in [2.45, 2.75) is 0 Å². The third-order valence-corrected chi connectivity index (χ3v) is 4.03. The van der Waals surface area contributed by atoms with Gasteiger partial charge in [0.1, 0.15) is 5.82 Å². The molecule has 5 rings (SSSR count). The van der Waals surface area contributed by atoms with E-state index in [0.29, 0.717) is 0 Å². The van der Waals surface area contributed by atoms with Gasteiger partial charge in [-0.25, -0.2) is 4.98 Å². The highest BCUT2D eigenvalue weighted by Gasteiger charge is 2.22. The highest BCUT2D eigenvalue weighted by molar-refractivity contribution is 5.98. The van der Waals surface area contributed by atoms with Crippen LogP contribution >= 0.6 is 0 Å². The zero-order valence-corrected chi connectivity index (χ0v) is 11.7. The Morgan fingerprint density at radius 3 is 2.55 bits per heavy atom. The molecule has 22 heavy (non-hydrogen) atoms. The van der Waals surface area contributed by atoms with E-state index in [4.69, 9.17) is 4.98 Å². The molecule has 0 aliphatic carbocycles. The first-order valence-corrected chi connectivity index (χ1v) is 7.20. The second-order valence-electron chi connectivity index (χ2n) is 5.32. The van der Waals surface area contributed by atoms with Crippen LogP contribution in [-0.4, -0.2) is 14.5 Å². The minimum Gasteiger partial charge on any atom is -0.352 e. The normalized spacial score (nSPS) is 12.0. The van der Waals surface area contributed by atoms with Crippen molar-refractivity contribution in [3.05, 3.63) is 67.0 Å². The summed E-state index contributed by atoms with van der Waals surface area (Å²) in [5.74, 6) is 0.943. The predicted molar refractivity (Wildman–Crippen MR) is 87.6 cm³/mol. The number of anilines is 2. The van der Waals surface area contributed by atoms with Crippen molar-refractivity contribution < 1.29 is 0 Å². The van der Waals surface area contributed by atoms with Crippen LogP contribution in [-0.2, 0) is 0 Å². The Kier molecular flexibility index (Phi) is 2.19. The van der Waals surface area contributed by atoms with Gasteiger partial charge in [0.25, 0.3) is 0 Å². The average Bonchev–Trinajstić information content (AvgIpc) is 2.97. The molecule has 1 aliphatic heterocycles. The molecule has 2 aromatic carbocycles. The number of nitrogens with zero attached hydrogens (tertiary/aromatic N) is 3. The Labute approximate surface area is 127 Å². The number of para-hydroxylation sites is 3. The van der Waals surface area contributed by atoms with Gasteiger partial charge < -0.3 is 5.32 Å². The van der Waals surface area contributed by atoms with Gasteiger partial charge in [0.2, 0.25) is 0 Å². The standard InChI is InChI=1S/C18H12N4/c1-2-7-16-13(4-1)20-14-5-3-6-15-17(14)22(16)18(21-15)12-8-10-19-11-9-12/h1-11,20H. The molecule has 0 radical (unpaired) electrons. The molecule has 0 spiro atoms. The topological polar surface area (TPSA) is 42.7 Å². The Morgan fingerprint density at radius 2 is 1.64 bits per heavy atom. The van der Waals surface area contributed by atoms with Crippen LogP contribution in [0.5, 0.6) is 0 Å². The van der Waals surface area contributed by atoms with Gasteiger partial charge in [-0.1, -0.05) is 18.2 Å². The van der Waals surface area contributed by atoms with Crippen LogP contribution in [0.4, 0.5) is 11.4 Å². The van der Waals surface area contributed by atoms with Gasteiger partial charge in [-0.3, -0.25) is 9.55 Å². The van der Waals surface area contributed by atoms with Crippen LogP contribution in [0.2, 0.25) is 0 Å². The Morgan fingerprint density at radius 1 is 0.818 bits per heavy atom. The lowest BCUT2D eigenvalue weighted by molar-refractivity contribution is 1.09. The van der Waals surface area contributed by atoms with Crippen molar-refractivity contribution in [2.75, 3.05) is 5.32 Å². The Balaban J connectivity index is 1.95. The van der Waals surface area contributed by atoms with Crippen molar-refractivity contribution in [3.63, 3.8) is 0 Å². The summed E-state index contributed by atoms with van der Waals surface area (Å²) in [6.07, 6.45) is 3.60. The van der Waals surface area contributed by atoms with Gasteiger partial charge in [0.15, 0.2) is 0 Å². The zero-order valence-electron chi connectivity index (χ0n) is 11.7. The van der Waals surface area contributed by atoms with Crippen LogP contribution in [0.25, 0.3) is 28.1 Å². The maximum absolute atomic E-state index is 4.85. The van der Waals surface area contributed by atoms with Gasteiger partial charge in [0, 0.05) is 18.0 Å². The first-order valence-electron chi connectivity index (χ1n) is 7.20.